The number of amides is 1. The maximum Gasteiger partial charge on any atom is 0.240 e. The smallest absolute Gasteiger partial charge is 0.240 e. The highest BCUT2D eigenvalue weighted by Crippen LogP contribution is 2.22. The predicted octanol–water partition coefficient (Wildman–Crippen LogP) is 1.50. The van der Waals surface area contributed by atoms with Gasteiger partial charge < -0.3 is 4.90 Å². The summed E-state index contributed by atoms with van der Waals surface area (Å²) in [5.74, 6) is 0.0970. The summed E-state index contributed by atoms with van der Waals surface area (Å²) in [6.45, 7) is 3.04. The average molecular weight is 282 g/mol. The lowest BCUT2D eigenvalue weighted by atomic mass is 10.3. The molecule has 1 saturated heterocycles. The molecule has 5 nitrogen and oxygen atoms in total. The fourth-order valence-electron chi connectivity index (χ4n) is 2.05. The van der Waals surface area contributed by atoms with Gasteiger partial charge in [-0.05, 0) is 37.1 Å². The third-order valence-electron chi connectivity index (χ3n) is 3.07. The van der Waals surface area contributed by atoms with Gasteiger partial charge in [0.05, 0.1) is 4.90 Å². The van der Waals surface area contributed by atoms with Crippen LogP contribution < -0.4 is 9.62 Å². The average Bonchev–Trinajstić information content (AvgIpc) is 2.83. The largest absolute Gasteiger partial charge is 0.312 e. The zero-order chi connectivity index (χ0) is 13.9. The third kappa shape index (κ3) is 3.13. The van der Waals surface area contributed by atoms with Gasteiger partial charge in [-0.1, -0.05) is 6.92 Å². The normalized spacial score (nSPS) is 16.1. The molecule has 1 aliphatic heterocycles. The third-order valence-corrected chi connectivity index (χ3v) is 4.55. The summed E-state index contributed by atoms with van der Waals surface area (Å²) < 4.78 is 26.3. The minimum atomic E-state index is -3.43. The van der Waals surface area contributed by atoms with Crippen LogP contribution in [0, 0.1) is 0 Å². The van der Waals surface area contributed by atoms with E-state index < -0.39 is 10.0 Å². The van der Waals surface area contributed by atoms with Crippen LogP contribution in [0.25, 0.3) is 0 Å². The lowest BCUT2D eigenvalue weighted by molar-refractivity contribution is -0.117. The molecular weight excluding hydrogens is 264 g/mol. The first-order chi connectivity index (χ1) is 9.04. The second-order valence-electron chi connectivity index (χ2n) is 4.54. The highest BCUT2D eigenvalue weighted by atomic mass is 32.2. The Morgan fingerprint density at radius 2 is 1.95 bits per heavy atom. The number of benzene rings is 1. The van der Waals surface area contributed by atoms with Crippen LogP contribution in [0.3, 0.4) is 0 Å². The van der Waals surface area contributed by atoms with Crippen molar-refractivity contribution in [2.24, 2.45) is 0 Å². The molecule has 2 rings (SSSR count). The lowest BCUT2D eigenvalue weighted by Crippen LogP contribution is -2.25. The van der Waals surface area contributed by atoms with Gasteiger partial charge in [-0.15, -0.1) is 0 Å². The summed E-state index contributed by atoms with van der Waals surface area (Å²) >= 11 is 0. The van der Waals surface area contributed by atoms with Crippen LogP contribution in [-0.4, -0.2) is 27.4 Å². The summed E-state index contributed by atoms with van der Waals surface area (Å²) in [6, 6.07) is 6.45. The Morgan fingerprint density at radius 3 is 2.47 bits per heavy atom. The molecule has 0 aliphatic carbocycles. The summed E-state index contributed by atoms with van der Waals surface area (Å²) in [6.07, 6.45) is 2.18. The molecule has 6 heteroatoms. The summed E-state index contributed by atoms with van der Waals surface area (Å²) in [4.78, 5) is 13.5. The van der Waals surface area contributed by atoms with Gasteiger partial charge in [0, 0.05) is 25.2 Å². The molecule has 1 aromatic rings. The molecule has 1 heterocycles. The number of sulfonamides is 1. The number of rotatable bonds is 5. The molecule has 0 bridgehead atoms. The number of nitrogens with zero attached hydrogens (tertiary/aromatic N) is 1. The van der Waals surface area contributed by atoms with E-state index in [9.17, 15) is 13.2 Å². The predicted molar refractivity (Wildman–Crippen MR) is 73.5 cm³/mol. The second kappa shape index (κ2) is 5.71. The minimum Gasteiger partial charge on any atom is -0.312 e. The van der Waals surface area contributed by atoms with Gasteiger partial charge >= 0.3 is 0 Å². The van der Waals surface area contributed by atoms with Crippen LogP contribution in [0.2, 0.25) is 0 Å². The molecular formula is C13H18N2O3S. The van der Waals surface area contributed by atoms with Crippen molar-refractivity contribution in [1.29, 1.82) is 0 Å². The van der Waals surface area contributed by atoms with Crippen LogP contribution in [-0.2, 0) is 14.8 Å². The summed E-state index contributed by atoms with van der Waals surface area (Å²) in [5.41, 5.74) is 0.761. The SMILES string of the molecule is CCCNS(=O)(=O)c1ccc(N2CCCC2=O)cc1. The van der Waals surface area contributed by atoms with E-state index >= 15 is 0 Å². The quantitative estimate of drug-likeness (QED) is 0.890. The van der Waals surface area contributed by atoms with Gasteiger partial charge in [-0.3, -0.25) is 4.79 Å². The van der Waals surface area contributed by atoms with Crippen LogP contribution in [0.15, 0.2) is 29.2 Å². The number of anilines is 1. The van der Waals surface area contributed by atoms with E-state index in [1.807, 2.05) is 6.92 Å². The lowest BCUT2D eigenvalue weighted by Gasteiger charge is -2.16. The molecule has 0 spiro atoms. The molecule has 0 atom stereocenters. The Hall–Kier alpha value is -1.40. The molecule has 19 heavy (non-hydrogen) atoms. The van der Waals surface area contributed by atoms with E-state index in [0.29, 0.717) is 19.5 Å². The fourth-order valence-corrected chi connectivity index (χ4v) is 3.18. The fraction of sp³-hybridized carbons (Fsp3) is 0.462. The van der Waals surface area contributed by atoms with Crippen molar-refractivity contribution in [2.75, 3.05) is 18.0 Å². The van der Waals surface area contributed by atoms with E-state index in [-0.39, 0.29) is 10.8 Å². The highest BCUT2D eigenvalue weighted by Gasteiger charge is 2.22. The zero-order valence-corrected chi connectivity index (χ0v) is 11.7. The molecule has 104 valence electrons. The Bertz CT molecular complexity index is 552. The van der Waals surface area contributed by atoms with Gasteiger partial charge in [0.15, 0.2) is 0 Å². The van der Waals surface area contributed by atoms with Crippen LogP contribution in [0.4, 0.5) is 5.69 Å². The molecule has 0 saturated carbocycles. The van der Waals surface area contributed by atoms with Crippen molar-refractivity contribution in [2.45, 2.75) is 31.1 Å². The molecule has 0 aromatic heterocycles. The first-order valence-electron chi connectivity index (χ1n) is 6.44. The monoisotopic (exact) mass is 282 g/mol. The van der Waals surface area contributed by atoms with Gasteiger partial charge in [-0.25, -0.2) is 13.1 Å². The number of hydrogen-bond acceptors (Lipinski definition) is 3. The van der Waals surface area contributed by atoms with Crippen molar-refractivity contribution in [3.05, 3.63) is 24.3 Å². The maximum absolute atomic E-state index is 11.9. The molecule has 1 amide bonds. The maximum atomic E-state index is 11.9. The number of hydrogen-bond donors (Lipinski definition) is 1. The number of carbonyl (C=O) groups excluding carboxylic acids is 1. The van der Waals surface area contributed by atoms with Crippen molar-refractivity contribution in [3.8, 4) is 0 Å². The topological polar surface area (TPSA) is 66.5 Å². The van der Waals surface area contributed by atoms with Gasteiger partial charge in [0.1, 0.15) is 0 Å². The molecule has 1 N–H and O–H groups in total. The molecule has 1 aliphatic rings. The van der Waals surface area contributed by atoms with E-state index in [1.54, 1.807) is 29.2 Å². The summed E-state index contributed by atoms with van der Waals surface area (Å²) in [7, 11) is -3.43. The molecule has 0 unspecified atom stereocenters. The van der Waals surface area contributed by atoms with Crippen LogP contribution in [0.5, 0.6) is 0 Å². The van der Waals surface area contributed by atoms with Crippen molar-refractivity contribution in [3.63, 3.8) is 0 Å². The second-order valence-corrected chi connectivity index (χ2v) is 6.31. The van der Waals surface area contributed by atoms with Gasteiger partial charge in [-0.2, -0.15) is 0 Å². The van der Waals surface area contributed by atoms with Crippen LogP contribution in [0.1, 0.15) is 26.2 Å². The van der Waals surface area contributed by atoms with Crippen molar-refractivity contribution < 1.29 is 13.2 Å². The molecule has 0 radical (unpaired) electrons. The van der Waals surface area contributed by atoms with Crippen molar-refractivity contribution in [1.82, 2.24) is 4.72 Å². The van der Waals surface area contributed by atoms with Crippen LogP contribution >= 0.6 is 0 Å². The van der Waals surface area contributed by atoms with Crippen molar-refractivity contribution >= 4 is 21.6 Å². The minimum absolute atomic E-state index is 0.0970. The van der Waals surface area contributed by atoms with E-state index in [0.717, 1.165) is 18.5 Å². The first-order valence-corrected chi connectivity index (χ1v) is 7.93. The van der Waals surface area contributed by atoms with E-state index in [2.05, 4.69) is 4.72 Å². The van der Waals surface area contributed by atoms with E-state index in [4.69, 9.17) is 0 Å². The Morgan fingerprint density at radius 1 is 1.26 bits per heavy atom. The Kier molecular flexibility index (Phi) is 4.21. The van der Waals surface area contributed by atoms with Gasteiger partial charge in [0.25, 0.3) is 0 Å². The number of nitrogens with one attached hydrogen (secondary N) is 1. The van der Waals surface area contributed by atoms with Gasteiger partial charge in [0.2, 0.25) is 15.9 Å². The Labute approximate surface area is 113 Å². The standard InChI is InChI=1S/C13H18N2O3S/c1-2-9-14-19(17,18)12-7-5-11(6-8-12)15-10-3-4-13(15)16/h5-8,14H,2-4,9-10H2,1H3. The molecule has 1 aromatic carbocycles. The Balaban J connectivity index is 2.16. The summed E-state index contributed by atoms with van der Waals surface area (Å²) in [5, 5.41) is 0. The first kappa shape index (κ1) is 14.0. The zero-order valence-electron chi connectivity index (χ0n) is 10.9. The highest BCUT2D eigenvalue weighted by molar-refractivity contribution is 7.89. The molecule has 1 fully saturated rings. The van der Waals surface area contributed by atoms with E-state index in [1.165, 1.54) is 0 Å². The number of carbonyl (C=O) groups is 1.